The third kappa shape index (κ3) is 3.55. The van der Waals surface area contributed by atoms with E-state index in [1.54, 1.807) is 18.0 Å². The predicted octanol–water partition coefficient (Wildman–Crippen LogP) is 2.34. The summed E-state index contributed by atoms with van der Waals surface area (Å²) < 4.78 is 6.97. The van der Waals surface area contributed by atoms with Crippen molar-refractivity contribution in [3.63, 3.8) is 0 Å². The van der Waals surface area contributed by atoms with E-state index in [9.17, 15) is 5.11 Å². The van der Waals surface area contributed by atoms with Gasteiger partial charge in [-0.05, 0) is 25.0 Å². The largest absolute Gasteiger partial charge is 0.497 e. The molecule has 6 nitrogen and oxygen atoms in total. The molecule has 1 atom stereocenters. The number of hydrogen-bond acceptors (Lipinski definition) is 5. The highest BCUT2D eigenvalue weighted by molar-refractivity contribution is 5.60. The first kappa shape index (κ1) is 16.0. The second-order valence-corrected chi connectivity index (χ2v) is 5.87. The van der Waals surface area contributed by atoms with Gasteiger partial charge in [0.1, 0.15) is 5.75 Å². The van der Waals surface area contributed by atoms with Crippen molar-refractivity contribution in [1.29, 1.82) is 0 Å². The molecule has 0 aliphatic carbocycles. The van der Waals surface area contributed by atoms with E-state index in [-0.39, 0.29) is 0 Å². The lowest BCUT2D eigenvalue weighted by Gasteiger charge is -2.37. The van der Waals surface area contributed by atoms with Gasteiger partial charge in [-0.15, -0.1) is 0 Å². The van der Waals surface area contributed by atoms with Gasteiger partial charge in [0.25, 0.3) is 0 Å². The molecule has 0 radical (unpaired) electrons. The maximum Gasteiger partial charge on any atom is 0.203 e. The minimum absolute atomic E-state index is 0.750. The number of piperidine rings is 1. The Balaban J connectivity index is 1.75. The average Bonchev–Trinajstić information content (AvgIpc) is 3.11. The van der Waals surface area contributed by atoms with Gasteiger partial charge in [0, 0.05) is 31.9 Å². The van der Waals surface area contributed by atoms with Crippen LogP contribution in [0.3, 0.4) is 0 Å². The molecule has 1 saturated heterocycles. The highest BCUT2D eigenvalue weighted by Crippen LogP contribution is 2.24. The van der Waals surface area contributed by atoms with Crippen molar-refractivity contribution in [2.75, 3.05) is 27.2 Å². The van der Waals surface area contributed by atoms with Crippen molar-refractivity contribution >= 4 is 0 Å². The SMILES string of the molecule is COc1cccc(-c2cn(C(O)N(C)N3CCCCC3)cn2)c1. The summed E-state index contributed by atoms with van der Waals surface area (Å²) in [5.74, 6) is 0.794. The van der Waals surface area contributed by atoms with Crippen molar-refractivity contribution in [1.82, 2.24) is 19.6 Å². The molecule has 2 aromatic rings. The van der Waals surface area contributed by atoms with Crippen LogP contribution in [0.5, 0.6) is 5.75 Å². The van der Waals surface area contributed by atoms with Crippen LogP contribution in [0.4, 0.5) is 0 Å². The van der Waals surface area contributed by atoms with E-state index >= 15 is 0 Å². The molecule has 0 bridgehead atoms. The standard InChI is InChI=1S/C17H24N4O2/c1-19(21-9-4-3-5-10-21)17(22)20-12-16(18-13-20)14-7-6-8-15(11-14)23-2/h6-8,11-13,17,22H,3-5,9-10H2,1-2H3. The highest BCUT2D eigenvalue weighted by atomic mass is 16.5. The van der Waals surface area contributed by atoms with E-state index in [1.807, 2.05) is 42.5 Å². The molecule has 0 saturated carbocycles. The Morgan fingerprint density at radius 3 is 2.78 bits per heavy atom. The Hall–Kier alpha value is -1.89. The summed E-state index contributed by atoms with van der Waals surface area (Å²) in [7, 11) is 3.57. The number of rotatable bonds is 5. The van der Waals surface area contributed by atoms with Gasteiger partial charge in [0.2, 0.25) is 6.35 Å². The molecule has 1 N–H and O–H groups in total. The minimum atomic E-state index is -0.750. The number of hydrogen-bond donors (Lipinski definition) is 1. The fourth-order valence-corrected chi connectivity index (χ4v) is 2.93. The number of imidazole rings is 1. The number of aliphatic hydroxyl groups is 1. The summed E-state index contributed by atoms with van der Waals surface area (Å²) in [6, 6.07) is 7.76. The first-order valence-corrected chi connectivity index (χ1v) is 8.02. The fourth-order valence-electron chi connectivity index (χ4n) is 2.93. The smallest absolute Gasteiger partial charge is 0.203 e. The first-order chi connectivity index (χ1) is 11.2. The topological polar surface area (TPSA) is 53.8 Å². The quantitative estimate of drug-likeness (QED) is 0.858. The van der Waals surface area contributed by atoms with Crippen LogP contribution in [0, 0.1) is 0 Å². The number of hydrazine groups is 1. The normalized spacial score (nSPS) is 17.4. The number of ether oxygens (including phenoxy) is 1. The van der Waals surface area contributed by atoms with E-state index in [2.05, 4.69) is 9.99 Å². The summed E-state index contributed by atoms with van der Waals surface area (Å²) in [5.41, 5.74) is 1.78. The van der Waals surface area contributed by atoms with Crippen LogP contribution in [0.25, 0.3) is 11.3 Å². The number of nitrogens with zero attached hydrogens (tertiary/aromatic N) is 4. The van der Waals surface area contributed by atoms with Crippen LogP contribution in [0.2, 0.25) is 0 Å². The van der Waals surface area contributed by atoms with Gasteiger partial charge in [-0.25, -0.2) is 9.99 Å². The van der Waals surface area contributed by atoms with Crippen molar-refractivity contribution < 1.29 is 9.84 Å². The number of aliphatic hydroxyl groups excluding tert-OH is 1. The number of benzene rings is 1. The molecule has 2 heterocycles. The summed E-state index contributed by atoms with van der Waals surface area (Å²) in [4.78, 5) is 4.41. The van der Waals surface area contributed by atoms with Crippen LogP contribution in [0.1, 0.15) is 25.6 Å². The Kier molecular flexibility index (Phi) is 4.95. The van der Waals surface area contributed by atoms with E-state index < -0.39 is 6.35 Å². The molecule has 1 aliphatic heterocycles. The molecule has 1 fully saturated rings. The zero-order chi connectivity index (χ0) is 16.2. The monoisotopic (exact) mass is 316 g/mol. The molecule has 6 heteroatoms. The summed E-state index contributed by atoms with van der Waals surface area (Å²) >= 11 is 0. The summed E-state index contributed by atoms with van der Waals surface area (Å²) in [5, 5.41) is 14.7. The van der Waals surface area contributed by atoms with Crippen LogP contribution < -0.4 is 4.74 Å². The number of methoxy groups -OCH3 is 1. The Bertz CT molecular complexity index is 637. The van der Waals surface area contributed by atoms with Gasteiger partial charge >= 0.3 is 0 Å². The average molecular weight is 316 g/mol. The third-order valence-corrected chi connectivity index (χ3v) is 4.35. The maximum absolute atomic E-state index is 10.6. The van der Waals surface area contributed by atoms with Gasteiger partial charge in [0.15, 0.2) is 0 Å². The maximum atomic E-state index is 10.6. The van der Waals surface area contributed by atoms with Crippen molar-refractivity contribution in [3.8, 4) is 17.0 Å². The van der Waals surface area contributed by atoms with Crippen LogP contribution in [0.15, 0.2) is 36.8 Å². The molecule has 124 valence electrons. The van der Waals surface area contributed by atoms with E-state index in [4.69, 9.17) is 4.74 Å². The van der Waals surface area contributed by atoms with Crippen LogP contribution in [-0.2, 0) is 0 Å². The molecule has 23 heavy (non-hydrogen) atoms. The molecule has 1 aliphatic rings. The van der Waals surface area contributed by atoms with Gasteiger partial charge in [-0.2, -0.15) is 5.01 Å². The second-order valence-electron chi connectivity index (χ2n) is 5.87. The third-order valence-electron chi connectivity index (χ3n) is 4.35. The molecular formula is C17H24N4O2. The fraction of sp³-hybridized carbons (Fsp3) is 0.471. The van der Waals surface area contributed by atoms with E-state index in [1.165, 1.54) is 19.3 Å². The highest BCUT2D eigenvalue weighted by Gasteiger charge is 2.22. The first-order valence-electron chi connectivity index (χ1n) is 8.02. The van der Waals surface area contributed by atoms with Gasteiger partial charge in [-0.3, -0.25) is 4.57 Å². The predicted molar refractivity (Wildman–Crippen MR) is 88.7 cm³/mol. The molecule has 0 spiro atoms. The lowest BCUT2D eigenvalue weighted by molar-refractivity contribution is -0.166. The van der Waals surface area contributed by atoms with E-state index in [0.29, 0.717) is 0 Å². The van der Waals surface area contributed by atoms with Gasteiger partial charge in [-0.1, -0.05) is 18.6 Å². The summed E-state index contributed by atoms with van der Waals surface area (Å²) in [6.07, 6.45) is 6.40. The number of aromatic nitrogens is 2. The van der Waals surface area contributed by atoms with E-state index in [0.717, 1.165) is 30.1 Å². The van der Waals surface area contributed by atoms with Crippen molar-refractivity contribution in [3.05, 3.63) is 36.8 Å². The van der Waals surface area contributed by atoms with Crippen molar-refractivity contribution in [2.24, 2.45) is 0 Å². The second kappa shape index (κ2) is 7.12. The molecule has 1 aromatic heterocycles. The van der Waals surface area contributed by atoms with Crippen LogP contribution >= 0.6 is 0 Å². The lowest BCUT2D eigenvalue weighted by Crippen LogP contribution is -2.46. The zero-order valence-electron chi connectivity index (χ0n) is 13.7. The molecule has 0 amide bonds. The Morgan fingerprint density at radius 2 is 2.04 bits per heavy atom. The van der Waals surface area contributed by atoms with Crippen molar-refractivity contribution in [2.45, 2.75) is 25.6 Å². The Morgan fingerprint density at radius 1 is 1.26 bits per heavy atom. The summed E-state index contributed by atoms with van der Waals surface area (Å²) in [6.45, 7) is 1.98. The zero-order valence-corrected chi connectivity index (χ0v) is 13.7. The van der Waals surface area contributed by atoms with Crippen LogP contribution in [-0.4, -0.2) is 51.9 Å². The van der Waals surface area contributed by atoms with Gasteiger partial charge in [0.05, 0.1) is 19.1 Å². The Labute approximate surface area is 136 Å². The minimum Gasteiger partial charge on any atom is -0.497 e. The lowest BCUT2D eigenvalue weighted by atomic mass is 10.1. The molecular weight excluding hydrogens is 292 g/mol. The van der Waals surface area contributed by atoms with Gasteiger partial charge < -0.3 is 9.84 Å². The molecule has 1 aromatic carbocycles. The molecule has 3 rings (SSSR count). The molecule has 1 unspecified atom stereocenters.